The van der Waals surface area contributed by atoms with Crippen LogP contribution in [0.25, 0.3) is 0 Å². The van der Waals surface area contributed by atoms with Crippen molar-refractivity contribution >= 4 is 33.2 Å². The Morgan fingerprint density at radius 1 is 1.37 bits per heavy atom. The van der Waals surface area contributed by atoms with E-state index in [0.29, 0.717) is 13.0 Å². The first kappa shape index (κ1) is 14.2. The summed E-state index contributed by atoms with van der Waals surface area (Å²) in [5.74, 6) is 0.0503. The van der Waals surface area contributed by atoms with E-state index in [2.05, 4.69) is 26.2 Å². The van der Waals surface area contributed by atoms with Crippen molar-refractivity contribution in [2.24, 2.45) is 0 Å². The Hall–Kier alpha value is -1.20. The SMILES string of the molecule is Cc1nc(CCNC(=O)Cc2ccc(Br)cc2)cs1. The summed E-state index contributed by atoms with van der Waals surface area (Å²) in [4.78, 5) is 16.1. The average Bonchev–Trinajstić information content (AvgIpc) is 2.78. The zero-order valence-electron chi connectivity index (χ0n) is 10.6. The Labute approximate surface area is 125 Å². The number of aromatic nitrogens is 1. The first-order valence-corrected chi connectivity index (χ1v) is 7.73. The number of carbonyl (C=O) groups is 1. The van der Waals surface area contributed by atoms with E-state index in [4.69, 9.17) is 0 Å². The topological polar surface area (TPSA) is 42.0 Å². The van der Waals surface area contributed by atoms with Gasteiger partial charge in [-0.15, -0.1) is 11.3 Å². The number of aryl methyl sites for hydroxylation is 1. The molecule has 0 saturated carbocycles. The van der Waals surface area contributed by atoms with Crippen molar-refractivity contribution in [3.05, 3.63) is 50.4 Å². The molecule has 0 aliphatic carbocycles. The van der Waals surface area contributed by atoms with Crippen LogP contribution in [0.2, 0.25) is 0 Å². The van der Waals surface area contributed by atoms with Gasteiger partial charge in [0.05, 0.1) is 17.1 Å². The molecule has 0 bridgehead atoms. The Balaban J connectivity index is 1.74. The summed E-state index contributed by atoms with van der Waals surface area (Å²) in [7, 11) is 0. The number of hydrogen-bond donors (Lipinski definition) is 1. The maximum absolute atomic E-state index is 11.8. The normalized spacial score (nSPS) is 10.4. The summed E-state index contributed by atoms with van der Waals surface area (Å²) in [6.07, 6.45) is 1.21. The molecule has 1 N–H and O–H groups in total. The Morgan fingerprint density at radius 2 is 2.11 bits per heavy atom. The number of nitrogens with one attached hydrogen (secondary N) is 1. The Bertz CT molecular complexity index is 551. The predicted octanol–water partition coefficient (Wildman–Crippen LogP) is 3.12. The molecular weight excluding hydrogens is 324 g/mol. The molecule has 5 heteroatoms. The molecule has 0 fully saturated rings. The molecule has 3 nitrogen and oxygen atoms in total. The van der Waals surface area contributed by atoms with E-state index >= 15 is 0 Å². The number of thiazole rings is 1. The van der Waals surface area contributed by atoms with E-state index in [-0.39, 0.29) is 5.91 Å². The molecule has 0 spiro atoms. The standard InChI is InChI=1S/C14H15BrN2OS/c1-10-17-13(9-19-10)6-7-16-14(18)8-11-2-4-12(15)5-3-11/h2-5,9H,6-8H2,1H3,(H,16,18). The van der Waals surface area contributed by atoms with Crippen molar-refractivity contribution in [1.29, 1.82) is 0 Å². The van der Waals surface area contributed by atoms with Gasteiger partial charge in [0, 0.05) is 22.8 Å². The molecule has 0 saturated heterocycles. The molecule has 19 heavy (non-hydrogen) atoms. The largest absolute Gasteiger partial charge is 0.355 e. The highest BCUT2D eigenvalue weighted by Crippen LogP contribution is 2.11. The second-order valence-electron chi connectivity index (χ2n) is 4.26. The maximum Gasteiger partial charge on any atom is 0.224 e. The van der Waals surface area contributed by atoms with Crippen molar-refractivity contribution in [3.63, 3.8) is 0 Å². The molecule has 2 aromatic rings. The summed E-state index contributed by atoms with van der Waals surface area (Å²) in [6, 6.07) is 7.79. The van der Waals surface area contributed by atoms with Crippen molar-refractivity contribution < 1.29 is 4.79 Å². The summed E-state index contributed by atoms with van der Waals surface area (Å²) in [5.41, 5.74) is 2.07. The Morgan fingerprint density at radius 3 is 2.74 bits per heavy atom. The lowest BCUT2D eigenvalue weighted by Crippen LogP contribution is -2.27. The molecule has 0 unspecified atom stereocenters. The number of amides is 1. The smallest absolute Gasteiger partial charge is 0.224 e. The van der Waals surface area contributed by atoms with Gasteiger partial charge in [-0.1, -0.05) is 28.1 Å². The van der Waals surface area contributed by atoms with Gasteiger partial charge in [-0.05, 0) is 24.6 Å². The fourth-order valence-corrected chi connectivity index (χ4v) is 2.61. The second-order valence-corrected chi connectivity index (χ2v) is 6.24. The van der Waals surface area contributed by atoms with Gasteiger partial charge in [0.1, 0.15) is 0 Å². The minimum absolute atomic E-state index is 0.0503. The number of benzene rings is 1. The van der Waals surface area contributed by atoms with Gasteiger partial charge in [0.25, 0.3) is 0 Å². The third kappa shape index (κ3) is 4.76. The minimum atomic E-state index is 0.0503. The van der Waals surface area contributed by atoms with E-state index in [1.54, 1.807) is 11.3 Å². The summed E-state index contributed by atoms with van der Waals surface area (Å²) in [5, 5.41) is 6.02. The number of halogens is 1. The van der Waals surface area contributed by atoms with Crippen molar-refractivity contribution in [2.45, 2.75) is 19.8 Å². The average molecular weight is 339 g/mol. The molecule has 0 atom stereocenters. The van der Waals surface area contributed by atoms with E-state index in [1.807, 2.05) is 36.6 Å². The monoisotopic (exact) mass is 338 g/mol. The number of nitrogens with zero attached hydrogens (tertiary/aromatic N) is 1. The van der Waals surface area contributed by atoms with Crippen LogP contribution >= 0.6 is 27.3 Å². The van der Waals surface area contributed by atoms with E-state index in [0.717, 1.165) is 27.2 Å². The van der Waals surface area contributed by atoms with Crippen LogP contribution in [0.5, 0.6) is 0 Å². The fourth-order valence-electron chi connectivity index (χ4n) is 1.70. The van der Waals surface area contributed by atoms with Crippen LogP contribution in [0.4, 0.5) is 0 Å². The van der Waals surface area contributed by atoms with Crippen molar-refractivity contribution in [2.75, 3.05) is 6.54 Å². The molecule has 1 heterocycles. The minimum Gasteiger partial charge on any atom is -0.355 e. The number of carbonyl (C=O) groups excluding carboxylic acids is 1. The lowest BCUT2D eigenvalue weighted by atomic mass is 10.1. The quantitative estimate of drug-likeness (QED) is 0.909. The highest BCUT2D eigenvalue weighted by Gasteiger charge is 2.04. The van der Waals surface area contributed by atoms with Crippen LogP contribution in [0.15, 0.2) is 34.1 Å². The first-order valence-electron chi connectivity index (χ1n) is 6.05. The lowest BCUT2D eigenvalue weighted by molar-refractivity contribution is -0.120. The van der Waals surface area contributed by atoms with Gasteiger partial charge >= 0.3 is 0 Å². The predicted molar refractivity (Wildman–Crippen MR) is 81.4 cm³/mol. The van der Waals surface area contributed by atoms with E-state index in [9.17, 15) is 4.79 Å². The summed E-state index contributed by atoms with van der Waals surface area (Å²) < 4.78 is 1.02. The number of hydrogen-bond acceptors (Lipinski definition) is 3. The molecule has 1 aromatic carbocycles. The first-order chi connectivity index (χ1) is 9.13. The third-order valence-electron chi connectivity index (χ3n) is 2.65. The maximum atomic E-state index is 11.8. The number of rotatable bonds is 5. The van der Waals surface area contributed by atoms with Gasteiger partial charge in [-0.2, -0.15) is 0 Å². The molecule has 0 aliphatic heterocycles. The second kappa shape index (κ2) is 6.82. The molecular formula is C14H15BrN2OS. The van der Waals surface area contributed by atoms with Crippen molar-refractivity contribution in [1.82, 2.24) is 10.3 Å². The van der Waals surface area contributed by atoms with Gasteiger partial charge in [-0.25, -0.2) is 4.98 Å². The van der Waals surface area contributed by atoms with Gasteiger partial charge in [0.15, 0.2) is 0 Å². The van der Waals surface area contributed by atoms with E-state index in [1.165, 1.54) is 0 Å². The van der Waals surface area contributed by atoms with E-state index < -0.39 is 0 Å². The zero-order valence-corrected chi connectivity index (χ0v) is 13.1. The van der Waals surface area contributed by atoms with Crippen LogP contribution in [0, 0.1) is 6.92 Å². The molecule has 1 aromatic heterocycles. The highest BCUT2D eigenvalue weighted by molar-refractivity contribution is 9.10. The lowest BCUT2D eigenvalue weighted by Gasteiger charge is -2.04. The van der Waals surface area contributed by atoms with Gasteiger partial charge in [0.2, 0.25) is 5.91 Å². The molecule has 0 radical (unpaired) electrons. The molecule has 100 valence electrons. The van der Waals surface area contributed by atoms with Crippen LogP contribution in [0.1, 0.15) is 16.3 Å². The highest BCUT2D eigenvalue weighted by atomic mass is 79.9. The van der Waals surface area contributed by atoms with Crippen molar-refractivity contribution in [3.8, 4) is 0 Å². The third-order valence-corrected chi connectivity index (χ3v) is 4.00. The fraction of sp³-hybridized carbons (Fsp3) is 0.286. The van der Waals surface area contributed by atoms with Crippen LogP contribution in [-0.2, 0) is 17.6 Å². The van der Waals surface area contributed by atoms with Gasteiger partial charge < -0.3 is 5.32 Å². The van der Waals surface area contributed by atoms with Gasteiger partial charge in [-0.3, -0.25) is 4.79 Å². The Kier molecular flexibility index (Phi) is 5.10. The van der Waals surface area contributed by atoms with Crippen LogP contribution in [-0.4, -0.2) is 17.4 Å². The molecule has 1 amide bonds. The molecule has 0 aliphatic rings. The van der Waals surface area contributed by atoms with Crippen LogP contribution < -0.4 is 5.32 Å². The summed E-state index contributed by atoms with van der Waals surface area (Å²) in [6.45, 7) is 2.62. The summed E-state index contributed by atoms with van der Waals surface area (Å²) >= 11 is 5.01. The van der Waals surface area contributed by atoms with Crippen LogP contribution in [0.3, 0.4) is 0 Å². The zero-order chi connectivity index (χ0) is 13.7. The molecule has 2 rings (SSSR count).